The Hall–Kier alpha value is -4.24. The molecule has 0 fully saturated rings. The van der Waals surface area contributed by atoms with Gasteiger partial charge in [-0.2, -0.15) is 0 Å². The van der Waals surface area contributed by atoms with Crippen molar-refractivity contribution in [3.8, 4) is 0 Å². The molecular formula is C45H51BN2. The Morgan fingerprint density at radius 1 is 0.396 bits per heavy atom. The summed E-state index contributed by atoms with van der Waals surface area (Å²) in [5.74, 6) is 0. The molecule has 2 heterocycles. The van der Waals surface area contributed by atoms with Crippen LogP contribution in [0.4, 0.5) is 34.1 Å². The zero-order chi connectivity index (χ0) is 34.5. The number of anilines is 6. The molecule has 244 valence electrons. The van der Waals surface area contributed by atoms with Gasteiger partial charge in [0.05, 0.1) is 0 Å². The van der Waals surface area contributed by atoms with Gasteiger partial charge in [0.1, 0.15) is 0 Å². The molecule has 5 aromatic carbocycles. The molecule has 2 nitrogen and oxygen atoms in total. The zero-order valence-electron chi connectivity index (χ0n) is 31.1. The van der Waals surface area contributed by atoms with Gasteiger partial charge in [-0.05, 0) is 130 Å². The average Bonchev–Trinajstić information content (AvgIpc) is 2.99. The Morgan fingerprint density at radius 3 is 1.56 bits per heavy atom. The summed E-state index contributed by atoms with van der Waals surface area (Å²) in [6.45, 7) is 27.7. The van der Waals surface area contributed by atoms with Crippen LogP contribution in [0, 0.1) is 20.8 Å². The Bertz CT molecular complexity index is 2070. The van der Waals surface area contributed by atoms with Gasteiger partial charge in [0.25, 0.3) is 6.71 Å². The lowest BCUT2D eigenvalue weighted by Gasteiger charge is -2.45. The van der Waals surface area contributed by atoms with E-state index in [0.29, 0.717) is 0 Å². The number of aryl methyl sites for hydroxylation is 3. The number of benzene rings is 5. The van der Waals surface area contributed by atoms with E-state index < -0.39 is 0 Å². The van der Waals surface area contributed by atoms with E-state index in [0.717, 1.165) is 0 Å². The molecule has 0 aromatic heterocycles. The van der Waals surface area contributed by atoms with E-state index in [1.54, 1.807) is 0 Å². The highest BCUT2D eigenvalue weighted by atomic mass is 15.2. The maximum absolute atomic E-state index is 2.58. The minimum Gasteiger partial charge on any atom is -0.311 e. The van der Waals surface area contributed by atoms with E-state index in [9.17, 15) is 0 Å². The van der Waals surface area contributed by atoms with Gasteiger partial charge in [0, 0.05) is 34.1 Å². The molecule has 0 bridgehead atoms. The third-order valence-corrected chi connectivity index (χ3v) is 10.4. The van der Waals surface area contributed by atoms with Crippen molar-refractivity contribution >= 4 is 57.2 Å². The quantitative estimate of drug-likeness (QED) is 0.175. The van der Waals surface area contributed by atoms with Crippen molar-refractivity contribution in [1.29, 1.82) is 0 Å². The number of rotatable bonds is 2. The van der Waals surface area contributed by atoms with Gasteiger partial charge in [-0.25, -0.2) is 0 Å². The van der Waals surface area contributed by atoms with Crippen LogP contribution >= 0.6 is 0 Å². The van der Waals surface area contributed by atoms with Crippen LogP contribution in [-0.2, 0) is 16.2 Å². The lowest BCUT2D eigenvalue weighted by molar-refractivity contribution is 0.589. The Morgan fingerprint density at radius 2 is 0.958 bits per heavy atom. The average molecular weight is 631 g/mol. The molecular weight excluding hydrogens is 579 g/mol. The highest BCUT2D eigenvalue weighted by molar-refractivity contribution is 7.00. The molecule has 3 heteroatoms. The van der Waals surface area contributed by atoms with Gasteiger partial charge in [-0.3, -0.25) is 0 Å². The molecule has 0 saturated heterocycles. The van der Waals surface area contributed by atoms with E-state index in [1.807, 2.05) is 0 Å². The number of hydrogen-bond donors (Lipinski definition) is 0. The molecule has 0 unspecified atom stereocenters. The van der Waals surface area contributed by atoms with Crippen LogP contribution in [0.15, 0.2) is 91.0 Å². The van der Waals surface area contributed by atoms with E-state index in [2.05, 4.69) is 184 Å². The van der Waals surface area contributed by atoms with Gasteiger partial charge in [-0.15, -0.1) is 0 Å². The standard InChI is InChI=1S/C45H51BN2/c1-28-13-20-38-37(23-28)46-36-19-16-32(44(7,8)9)27-39(36)48(35-22-29(2)21-33(26-35)45(10,11)12)41-25-30(3)24-40(42(41)46)47(38)34-17-14-31(15-18-34)43(4,5)6/h13-27H,1-12H3. The Balaban J connectivity index is 1.57. The highest BCUT2D eigenvalue weighted by Gasteiger charge is 2.44. The van der Waals surface area contributed by atoms with E-state index in [1.165, 1.54) is 83.9 Å². The van der Waals surface area contributed by atoms with Gasteiger partial charge in [0.15, 0.2) is 0 Å². The van der Waals surface area contributed by atoms with E-state index in [4.69, 9.17) is 0 Å². The van der Waals surface area contributed by atoms with Crippen LogP contribution in [0.3, 0.4) is 0 Å². The molecule has 5 aromatic rings. The van der Waals surface area contributed by atoms with Gasteiger partial charge >= 0.3 is 0 Å². The largest absolute Gasteiger partial charge is 0.311 e. The van der Waals surface area contributed by atoms with Gasteiger partial charge in [-0.1, -0.05) is 110 Å². The van der Waals surface area contributed by atoms with Crippen LogP contribution in [0.25, 0.3) is 0 Å². The first-order valence-electron chi connectivity index (χ1n) is 17.6. The monoisotopic (exact) mass is 630 g/mol. The van der Waals surface area contributed by atoms with Crippen LogP contribution in [-0.4, -0.2) is 6.71 Å². The second-order valence-corrected chi connectivity index (χ2v) is 17.5. The number of nitrogens with zero attached hydrogens (tertiary/aromatic N) is 2. The maximum Gasteiger partial charge on any atom is 0.252 e. The fourth-order valence-electron chi connectivity index (χ4n) is 7.71. The molecule has 0 spiro atoms. The predicted octanol–water partition coefficient (Wildman–Crippen LogP) is 10.6. The predicted molar refractivity (Wildman–Crippen MR) is 211 cm³/mol. The van der Waals surface area contributed by atoms with Crippen LogP contribution in [0.1, 0.15) is 95.7 Å². The van der Waals surface area contributed by atoms with E-state index in [-0.39, 0.29) is 23.0 Å². The van der Waals surface area contributed by atoms with Crippen LogP contribution in [0.2, 0.25) is 0 Å². The molecule has 0 aliphatic carbocycles. The second kappa shape index (κ2) is 10.9. The van der Waals surface area contributed by atoms with Crippen molar-refractivity contribution in [2.45, 2.75) is 99.3 Å². The zero-order valence-corrected chi connectivity index (χ0v) is 31.1. The summed E-state index contributed by atoms with van der Waals surface area (Å²) in [5.41, 5.74) is 19.7. The van der Waals surface area contributed by atoms with Gasteiger partial charge in [0.2, 0.25) is 0 Å². The third-order valence-electron chi connectivity index (χ3n) is 10.4. The molecule has 7 rings (SSSR count). The normalized spacial score (nSPS) is 14.1. The summed E-state index contributed by atoms with van der Waals surface area (Å²) < 4.78 is 0. The molecule has 0 N–H and O–H groups in total. The topological polar surface area (TPSA) is 6.48 Å². The van der Waals surface area contributed by atoms with Crippen LogP contribution < -0.4 is 26.2 Å². The molecule has 0 atom stereocenters. The molecule has 2 aliphatic heterocycles. The van der Waals surface area contributed by atoms with Crippen molar-refractivity contribution < 1.29 is 0 Å². The van der Waals surface area contributed by atoms with Crippen molar-refractivity contribution in [3.63, 3.8) is 0 Å². The third kappa shape index (κ3) is 5.36. The first-order chi connectivity index (χ1) is 22.4. The summed E-state index contributed by atoms with van der Waals surface area (Å²) in [6.07, 6.45) is 0. The van der Waals surface area contributed by atoms with E-state index >= 15 is 0 Å². The second-order valence-electron chi connectivity index (χ2n) is 17.5. The maximum atomic E-state index is 2.58. The van der Waals surface area contributed by atoms with Crippen molar-refractivity contribution in [2.75, 3.05) is 9.80 Å². The summed E-state index contributed by atoms with van der Waals surface area (Å²) in [5, 5.41) is 0. The fourth-order valence-corrected chi connectivity index (χ4v) is 7.71. The molecule has 48 heavy (non-hydrogen) atoms. The number of fused-ring (bicyclic) bond motifs is 4. The first-order valence-corrected chi connectivity index (χ1v) is 17.6. The van der Waals surface area contributed by atoms with Gasteiger partial charge < -0.3 is 9.80 Å². The molecule has 0 saturated carbocycles. The smallest absolute Gasteiger partial charge is 0.252 e. The first kappa shape index (κ1) is 32.3. The lowest BCUT2D eigenvalue weighted by atomic mass is 9.33. The minimum atomic E-state index is 0.0268. The summed E-state index contributed by atoms with van der Waals surface area (Å²) in [4.78, 5) is 5.10. The van der Waals surface area contributed by atoms with Crippen molar-refractivity contribution in [2.24, 2.45) is 0 Å². The van der Waals surface area contributed by atoms with Crippen molar-refractivity contribution in [1.82, 2.24) is 0 Å². The summed E-state index contributed by atoms with van der Waals surface area (Å²) >= 11 is 0. The fraction of sp³-hybridized carbons (Fsp3) is 0.333. The van der Waals surface area contributed by atoms with Crippen molar-refractivity contribution in [3.05, 3.63) is 124 Å². The number of hydrogen-bond acceptors (Lipinski definition) is 2. The molecule has 0 amide bonds. The molecule has 0 radical (unpaired) electrons. The molecule has 2 aliphatic rings. The summed E-state index contributed by atoms with van der Waals surface area (Å²) in [6, 6.07) is 35.6. The Kier molecular flexibility index (Phi) is 7.33. The Labute approximate surface area is 289 Å². The van der Waals surface area contributed by atoms with Crippen LogP contribution in [0.5, 0.6) is 0 Å². The highest BCUT2D eigenvalue weighted by Crippen LogP contribution is 2.46. The SMILES string of the molecule is Cc1cc(N2c3cc(C(C)(C)C)ccc3B3c4cc(C)ccc4N(c4ccc(C(C)(C)C)cc4)c4cc(C)cc2c43)cc(C(C)(C)C)c1. The lowest BCUT2D eigenvalue weighted by Crippen LogP contribution is -2.61. The minimum absolute atomic E-state index is 0.0268. The summed E-state index contributed by atoms with van der Waals surface area (Å²) in [7, 11) is 0.